The normalized spacial score (nSPS) is 19.8. The Labute approximate surface area is 266 Å². The minimum absolute atomic E-state index is 0.505. The highest BCUT2D eigenvalue weighted by molar-refractivity contribution is 7.48. The lowest BCUT2D eigenvalue weighted by Gasteiger charge is -2.30. The van der Waals surface area contributed by atoms with Crippen molar-refractivity contribution in [2.24, 2.45) is 0 Å². The summed E-state index contributed by atoms with van der Waals surface area (Å²) in [6, 6.07) is 0. The van der Waals surface area contributed by atoms with Gasteiger partial charge in [-0.25, -0.2) is 4.57 Å². The minimum Gasteiger partial charge on any atom is -0.353 e. The summed E-state index contributed by atoms with van der Waals surface area (Å²) in [5.74, 6) is 0. The van der Waals surface area contributed by atoms with Gasteiger partial charge in [0.1, 0.15) is 0 Å². The zero-order chi connectivity index (χ0) is 33.5. The van der Waals surface area contributed by atoms with E-state index >= 15 is 0 Å². The van der Waals surface area contributed by atoms with Crippen molar-refractivity contribution in [2.45, 2.75) is 178 Å². The molecule has 0 spiro atoms. The van der Waals surface area contributed by atoms with Crippen molar-refractivity contribution in [3.8, 4) is 0 Å². The van der Waals surface area contributed by atoms with Crippen molar-refractivity contribution in [2.75, 3.05) is 19.8 Å². The molecule has 0 saturated heterocycles. The molecule has 13 nitrogen and oxygen atoms in total. The second-order valence-electron chi connectivity index (χ2n) is 10.4. The summed E-state index contributed by atoms with van der Waals surface area (Å²) in [4.78, 5) is 0. The molecule has 0 rings (SSSR count). The van der Waals surface area contributed by atoms with Gasteiger partial charge in [-0.05, 0) is 81.6 Å². The summed E-state index contributed by atoms with van der Waals surface area (Å²) in [5, 5.41) is 0. The van der Waals surface area contributed by atoms with Crippen LogP contribution in [0.15, 0.2) is 0 Å². The second-order valence-corrected chi connectivity index (χ2v) is 11.9. The summed E-state index contributed by atoms with van der Waals surface area (Å²) in [6.07, 6.45) is -1.18. The van der Waals surface area contributed by atoms with Crippen molar-refractivity contribution < 1.29 is 60.8 Å². The van der Waals surface area contributed by atoms with E-state index in [1.54, 1.807) is 62.3 Å². The molecule has 44 heavy (non-hydrogen) atoms. The number of hydrogen-bond donors (Lipinski definition) is 0. The Hall–Kier alpha value is -0.250. The third kappa shape index (κ3) is 24.0. The van der Waals surface area contributed by atoms with Crippen LogP contribution >= 0.6 is 7.82 Å². The summed E-state index contributed by atoms with van der Waals surface area (Å²) >= 11 is 0. The maximum absolute atomic E-state index is 13.9. The molecule has 0 bridgehead atoms. The Morgan fingerprint density at radius 3 is 0.841 bits per heavy atom. The van der Waals surface area contributed by atoms with Crippen molar-refractivity contribution >= 4 is 7.82 Å². The van der Waals surface area contributed by atoms with Gasteiger partial charge in [0.15, 0.2) is 56.6 Å². The molecule has 0 fully saturated rings. The molecule has 266 valence electrons. The molecular formula is C30H63O13P. The van der Waals surface area contributed by atoms with Crippen molar-refractivity contribution in [3.63, 3.8) is 0 Å². The molecule has 0 aromatic heterocycles. The molecule has 14 heteroatoms. The molecule has 0 amide bonds. The van der Waals surface area contributed by atoms with Crippen molar-refractivity contribution in [1.82, 2.24) is 0 Å². The molecule has 0 aliphatic carbocycles. The minimum atomic E-state index is -4.36. The second kappa shape index (κ2) is 25.8. The number of rotatable bonds is 30. The van der Waals surface area contributed by atoms with Gasteiger partial charge < -0.3 is 42.6 Å². The van der Waals surface area contributed by atoms with Crippen LogP contribution in [0.3, 0.4) is 0 Å². The Morgan fingerprint density at radius 2 is 0.614 bits per heavy atom. The predicted octanol–water partition coefficient (Wildman–Crippen LogP) is 7.81. The quantitative estimate of drug-likeness (QED) is 0.0422. The van der Waals surface area contributed by atoms with E-state index in [9.17, 15) is 4.57 Å². The van der Waals surface area contributed by atoms with Crippen molar-refractivity contribution in [3.05, 3.63) is 0 Å². The maximum atomic E-state index is 13.9. The van der Waals surface area contributed by atoms with E-state index in [4.69, 9.17) is 56.2 Å². The zero-order valence-corrected chi connectivity index (χ0v) is 30.2. The standard InChI is InChI=1S/C30H63O13P/c1-13-16-19-32-22(4)35-25(7)38-28(10)41-44(31,42-29(11)39-26(8)36-23(5)33-20-17-14-2)43-30(12)40-27(9)37-24(6)34-21-18-15-3/h22-30H,13-21H2,1-12H3. The predicted molar refractivity (Wildman–Crippen MR) is 165 cm³/mol. The van der Waals surface area contributed by atoms with Crippen LogP contribution in [0.1, 0.15) is 122 Å². The molecular weight excluding hydrogens is 599 g/mol. The van der Waals surface area contributed by atoms with Gasteiger partial charge in [0.2, 0.25) is 0 Å². The van der Waals surface area contributed by atoms with Gasteiger partial charge in [0.25, 0.3) is 0 Å². The number of phosphoric ester groups is 1. The molecule has 0 N–H and O–H groups in total. The van der Waals surface area contributed by atoms with Gasteiger partial charge >= 0.3 is 7.82 Å². The molecule has 0 aromatic carbocycles. The fourth-order valence-electron chi connectivity index (χ4n) is 3.71. The Bertz CT molecular complexity index is 628. The van der Waals surface area contributed by atoms with Gasteiger partial charge in [-0.15, -0.1) is 0 Å². The SMILES string of the molecule is CCCCOC(C)OC(C)OC(C)OP(=O)(OC(C)OC(C)OC(C)OCCCC)OC(C)OC(C)OC(C)OCCCC. The highest BCUT2D eigenvalue weighted by Crippen LogP contribution is 2.53. The monoisotopic (exact) mass is 662 g/mol. The van der Waals surface area contributed by atoms with Crippen LogP contribution < -0.4 is 0 Å². The molecule has 0 aliphatic heterocycles. The summed E-state index contributed by atoms with van der Waals surface area (Å²) in [6.45, 7) is 22.9. The fraction of sp³-hybridized carbons (Fsp3) is 1.00. The maximum Gasteiger partial charge on any atom is 0.481 e. The molecule has 9 unspecified atom stereocenters. The average Bonchev–Trinajstić information content (AvgIpc) is 2.87. The third-order valence-electron chi connectivity index (χ3n) is 5.68. The van der Waals surface area contributed by atoms with Crippen molar-refractivity contribution in [1.29, 1.82) is 0 Å². The number of unbranched alkanes of at least 4 members (excludes halogenated alkanes) is 3. The molecule has 0 radical (unpaired) electrons. The van der Waals surface area contributed by atoms with Crippen LogP contribution in [0.25, 0.3) is 0 Å². The first kappa shape index (κ1) is 43.8. The summed E-state index contributed by atoms with van der Waals surface area (Å²) in [7, 11) is -4.36. The van der Waals surface area contributed by atoms with Crippen LogP contribution in [0, 0.1) is 0 Å². The zero-order valence-electron chi connectivity index (χ0n) is 29.3. The van der Waals surface area contributed by atoms with E-state index in [0.717, 1.165) is 38.5 Å². The van der Waals surface area contributed by atoms with Crippen LogP contribution in [-0.2, 0) is 60.8 Å². The molecule has 0 saturated carbocycles. The average molecular weight is 663 g/mol. The Kier molecular flexibility index (Phi) is 25.6. The highest BCUT2D eigenvalue weighted by atomic mass is 31.2. The van der Waals surface area contributed by atoms with Gasteiger partial charge in [0, 0.05) is 19.8 Å². The Morgan fingerprint density at radius 1 is 0.386 bits per heavy atom. The molecule has 9 atom stereocenters. The number of phosphoric acid groups is 1. The van der Waals surface area contributed by atoms with Crippen LogP contribution in [0.5, 0.6) is 0 Å². The lowest BCUT2D eigenvalue weighted by molar-refractivity contribution is -0.284. The lowest BCUT2D eigenvalue weighted by atomic mass is 10.4. The molecule has 0 heterocycles. The van der Waals surface area contributed by atoms with E-state index in [-0.39, 0.29) is 0 Å². The topological polar surface area (TPSA) is 128 Å². The smallest absolute Gasteiger partial charge is 0.353 e. The van der Waals surface area contributed by atoms with Gasteiger partial charge in [-0.3, -0.25) is 13.6 Å². The summed E-state index contributed by atoms with van der Waals surface area (Å²) in [5.41, 5.74) is 0. The lowest BCUT2D eigenvalue weighted by Crippen LogP contribution is -2.30. The molecule has 0 aromatic rings. The Balaban J connectivity index is 5.27. The summed E-state index contributed by atoms with van der Waals surface area (Å²) < 4.78 is 81.9. The van der Waals surface area contributed by atoms with Gasteiger partial charge in [0.05, 0.1) is 0 Å². The fourth-order valence-corrected chi connectivity index (χ4v) is 5.10. The largest absolute Gasteiger partial charge is 0.481 e. The first-order valence-corrected chi connectivity index (χ1v) is 17.6. The first-order chi connectivity index (χ1) is 20.7. The van der Waals surface area contributed by atoms with E-state index in [1.165, 1.54) is 0 Å². The van der Waals surface area contributed by atoms with E-state index in [0.29, 0.717) is 19.8 Å². The molecule has 0 aliphatic rings. The van der Waals surface area contributed by atoms with E-state index in [1.807, 2.05) is 0 Å². The van der Waals surface area contributed by atoms with Gasteiger partial charge in [-0.2, -0.15) is 0 Å². The van der Waals surface area contributed by atoms with Crippen LogP contribution in [0.4, 0.5) is 0 Å². The van der Waals surface area contributed by atoms with Crippen LogP contribution in [-0.4, -0.2) is 76.4 Å². The number of ether oxygens (including phenoxy) is 9. The number of hydrogen-bond acceptors (Lipinski definition) is 13. The van der Waals surface area contributed by atoms with Gasteiger partial charge in [-0.1, -0.05) is 40.0 Å². The van der Waals surface area contributed by atoms with E-state index < -0.39 is 64.4 Å². The first-order valence-electron chi connectivity index (χ1n) is 16.2. The third-order valence-corrected chi connectivity index (χ3v) is 7.35. The van der Waals surface area contributed by atoms with E-state index in [2.05, 4.69) is 20.8 Å². The van der Waals surface area contributed by atoms with Crippen LogP contribution in [0.2, 0.25) is 0 Å². The highest BCUT2D eigenvalue weighted by Gasteiger charge is 2.37.